The number of hydrogen-bond acceptors (Lipinski definition) is 3. The molecule has 0 atom stereocenters. The van der Waals surface area contributed by atoms with Gasteiger partial charge in [0.15, 0.2) is 0 Å². The lowest BCUT2D eigenvalue weighted by Crippen LogP contribution is -2.37. The van der Waals surface area contributed by atoms with Crippen molar-refractivity contribution in [2.24, 2.45) is 0 Å². The highest BCUT2D eigenvalue weighted by atomic mass is 16.5. The Bertz CT molecular complexity index is 437. The third-order valence-electron chi connectivity index (χ3n) is 3.62. The van der Waals surface area contributed by atoms with E-state index in [2.05, 4.69) is 0 Å². The SMILES string of the molecule is COC(=O)N1CCC(c2ccc(O)c(C)c2)CC1. The summed E-state index contributed by atoms with van der Waals surface area (Å²) in [5.41, 5.74) is 2.15. The van der Waals surface area contributed by atoms with Crippen molar-refractivity contribution in [1.29, 1.82) is 0 Å². The molecule has 0 saturated carbocycles. The third-order valence-corrected chi connectivity index (χ3v) is 3.62. The van der Waals surface area contributed by atoms with Crippen LogP contribution in [0.25, 0.3) is 0 Å². The summed E-state index contributed by atoms with van der Waals surface area (Å²) >= 11 is 0. The largest absolute Gasteiger partial charge is 0.508 e. The topological polar surface area (TPSA) is 49.8 Å². The number of rotatable bonds is 1. The minimum atomic E-state index is -0.240. The van der Waals surface area contributed by atoms with Crippen LogP contribution < -0.4 is 0 Å². The van der Waals surface area contributed by atoms with E-state index in [-0.39, 0.29) is 6.09 Å². The van der Waals surface area contributed by atoms with Crippen molar-refractivity contribution in [1.82, 2.24) is 4.90 Å². The number of phenolic OH excluding ortho intramolecular Hbond substituents is 1. The molecule has 1 fully saturated rings. The monoisotopic (exact) mass is 249 g/mol. The summed E-state index contributed by atoms with van der Waals surface area (Å²) in [5.74, 6) is 0.802. The van der Waals surface area contributed by atoms with Crippen LogP contribution in [0.4, 0.5) is 4.79 Å². The van der Waals surface area contributed by atoms with Gasteiger partial charge in [-0.15, -0.1) is 0 Å². The number of aromatic hydroxyl groups is 1. The van der Waals surface area contributed by atoms with Crippen LogP contribution in [0.5, 0.6) is 5.75 Å². The number of nitrogens with zero attached hydrogens (tertiary/aromatic N) is 1. The fraction of sp³-hybridized carbons (Fsp3) is 0.500. The summed E-state index contributed by atoms with van der Waals surface area (Å²) in [5, 5.41) is 9.52. The van der Waals surface area contributed by atoms with Gasteiger partial charge in [-0.05, 0) is 42.9 Å². The van der Waals surface area contributed by atoms with Gasteiger partial charge < -0.3 is 14.7 Å². The first-order chi connectivity index (χ1) is 8.61. The third kappa shape index (κ3) is 2.58. The maximum Gasteiger partial charge on any atom is 0.409 e. The minimum absolute atomic E-state index is 0.240. The molecule has 0 radical (unpaired) electrons. The molecule has 0 spiro atoms. The van der Waals surface area contributed by atoms with Gasteiger partial charge in [0, 0.05) is 13.1 Å². The lowest BCUT2D eigenvalue weighted by molar-refractivity contribution is 0.112. The zero-order valence-electron chi connectivity index (χ0n) is 10.8. The Hall–Kier alpha value is -1.71. The van der Waals surface area contributed by atoms with Crippen LogP contribution in [0, 0.1) is 6.92 Å². The molecule has 1 amide bonds. The quantitative estimate of drug-likeness (QED) is 0.832. The summed E-state index contributed by atoms with van der Waals surface area (Å²) in [7, 11) is 1.41. The molecule has 1 aliphatic rings. The maximum absolute atomic E-state index is 11.4. The second kappa shape index (κ2) is 5.29. The highest BCUT2D eigenvalue weighted by Gasteiger charge is 2.24. The van der Waals surface area contributed by atoms with Crippen molar-refractivity contribution in [3.8, 4) is 5.75 Å². The number of methoxy groups -OCH3 is 1. The molecule has 4 nitrogen and oxygen atoms in total. The molecule has 4 heteroatoms. The first kappa shape index (κ1) is 12.7. The van der Waals surface area contributed by atoms with Gasteiger partial charge in [-0.1, -0.05) is 12.1 Å². The molecule has 1 aliphatic heterocycles. The number of phenols is 1. The molecule has 1 aromatic rings. The van der Waals surface area contributed by atoms with E-state index in [1.165, 1.54) is 12.7 Å². The predicted molar refractivity (Wildman–Crippen MR) is 68.8 cm³/mol. The van der Waals surface area contributed by atoms with Gasteiger partial charge in [0.05, 0.1) is 7.11 Å². The number of hydrogen-bond donors (Lipinski definition) is 1. The molecule has 1 heterocycles. The normalized spacial score (nSPS) is 16.7. The molecule has 98 valence electrons. The number of carbonyl (C=O) groups is 1. The van der Waals surface area contributed by atoms with Crippen LogP contribution in [-0.2, 0) is 4.74 Å². The second-order valence-electron chi connectivity index (χ2n) is 4.78. The zero-order valence-corrected chi connectivity index (χ0v) is 10.8. The number of carbonyl (C=O) groups excluding carboxylic acids is 1. The Labute approximate surface area is 107 Å². The molecule has 1 N–H and O–H groups in total. The van der Waals surface area contributed by atoms with Crippen molar-refractivity contribution in [3.05, 3.63) is 29.3 Å². The highest BCUT2D eigenvalue weighted by Crippen LogP contribution is 2.30. The summed E-state index contributed by atoms with van der Waals surface area (Å²) in [6.45, 7) is 3.37. The molecule has 1 saturated heterocycles. The lowest BCUT2D eigenvalue weighted by Gasteiger charge is -2.31. The summed E-state index contributed by atoms with van der Waals surface area (Å²) in [6, 6.07) is 5.76. The molecule has 0 bridgehead atoms. The van der Waals surface area contributed by atoms with Gasteiger partial charge in [-0.25, -0.2) is 4.79 Å². The summed E-state index contributed by atoms with van der Waals surface area (Å²) in [4.78, 5) is 13.1. The molecular formula is C14H19NO3. The Kier molecular flexibility index (Phi) is 3.75. The predicted octanol–water partition coefficient (Wildman–Crippen LogP) is 2.65. The summed E-state index contributed by atoms with van der Waals surface area (Å²) < 4.78 is 4.72. The van der Waals surface area contributed by atoms with E-state index in [9.17, 15) is 9.90 Å². The number of ether oxygens (including phenoxy) is 1. The first-order valence-corrected chi connectivity index (χ1v) is 6.24. The van der Waals surface area contributed by atoms with E-state index in [0.717, 1.165) is 31.5 Å². The number of amides is 1. The maximum atomic E-state index is 11.4. The second-order valence-corrected chi connectivity index (χ2v) is 4.78. The molecule has 18 heavy (non-hydrogen) atoms. The molecule has 0 aromatic heterocycles. The summed E-state index contributed by atoms with van der Waals surface area (Å²) in [6.07, 6.45) is 1.65. The smallest absolute Gasteiger partial charge is 0.409 e. The van der Waals surface area contributed by atoms with Crippen molar-refractivity contribution in [3.63, 3.8) is 0 Å². The van der Waals surface area contributed by atoms with E-state index < -0.39 is 0 Å². The Morgan fingerprint density at radius 1 is 1.39 bits per heavy atom. The van der Waals surface area contributed by atoms with Crippen molar-refractivity contribution in [2.45, 2.75) is 25.7 Å². The van der Waals surface area contributed by atoms with Gasteiger partial charge in [0.25, 0.3) is 0 Å². The molecule has 0 unspecified atom stereocenters. The number of benzene rings is 1. The highest BCUT2D eigenvalue weighted by molar-refractivity contribution is 5.67. The van der Waals surface area contributed by atoms with Gasteiger partial charge in [0.1, 0.15) is 5.75 Å². The van der Waals surface area contributed by atoms with Gasteiger partial charge >= 0.3 is 6.09 Å². The number of piperidine rings is 1. The number of aryl methyl sites for hydroxylation is 1. The zero-order chi connectivity index (χ0) is 13.1. The standard InChI is InChI=1S/C14H19NO3/c1-10-9-12(3-4-13(10)16)11-5-7-15(8-6-11)14(17)18-2/h3-4,9,11,16H,5-8H2,1-2H3. The van der Waals surface area contributed by atoms with E-state index in [1.54, 1.807) is 11.0 Å². The molecule has 2 rings (SSSR count). The van der Waals surface area contributed by atoms with Crippen molar-refractivity contribution >= 4 is 6.09 Å². The van der Waals surface area contributed by atoms with E-state index >= 15 is 0 Å². The van der Waals surface area contributed by atoms with E-state index in [4.69, 9.17) is 4.74 Å². The van der Waals surface area contributed by atoms with Crippen molar-refractivity contribution < 1.29 is 14.6 Å². The van der Waals surface area contributed by atoms with Gasteiger partial charge in [-0.3, -0.25) is 0 Å². The average molecular weight is 249 g/mol. The Morgan fingerprint density at radius 2 is 2.06 bits per heavy atom. The molecular weight excluding hydrogens is 230 g/mol. The van der Waals surface area contributed by atoms with Crippen LogP contribution in [0.15, 0.2) is 18.2 Å². The van der Waals surface area contributed by atoms with Crippen LogP contribution in [0.1, 0.15) is 29.9 Å². The average Bonchev–Trinajstić information content (AvgIpc) is 2.41. The first-order valence-electron chi connectivity index (χ1n) is 6.24. The molecule has 1 aromatic carbocycles. The van der Waals surface area contributed by atoms with Crippen LogP contribution in [-0.4, -0.2) is 36.3 Å². The van der Waals surface area contributed by atoms with Gasteiger partial charge in [-0.2, -0.15) is 0 Å². The van der Waals surface area contributed by atoms with Crippen LogP contribution >= 0.6 is 0 Å². The van der Waals surface area contributed by atoms with E-state index in [1.807, 2.05) is 19.1 Å². The van der Waals surface area contributed by atoms with Crippen LogP contribution in [0.3, 0.4) is 0 Å². The minimum Gasteiger partial charge on any atom is -0.508 e. The molecule has 0 aliphatic carbocycles. The fourth-order valence-electron chi connectivity index (χ4n) is 2.46. The van der Waals surface area contributed by atoms with E-state index in [0.29, 0.717) is 11.7 Å². The Morgan fingerprint density at radius 3 is 2.61 bits per heavy atom. The fourth-order valence-corrected chi connectivity index (χ4v) is 2.46. The van der Waals surface area contributed by atoms with Gasteiger partial charge in [0.2, 0.25) is 0 Å². The Balaban J connectivity index is 2.01. The number of likely N-dealkylation sites (tertiary alicyclic amines) is 1. The van der Waals surface area contributed by atoms with Crippen molar-refractivity contribution in [2.75, 3.05) is 20.2 Å². The lowest BCUT2D eigenvalue weighted by atomic mass is 9.88. The van der Waals surface area contributed by atoms with Crippen LogP contribution in [0.2, 0.25) is 0 Å².